The average Bonchev–Trinajstić information content (AvgIpc) is 2.80. The Kier molecular flexibility index (Phi) is 2.66. The highest BCUT2D eigenvalue weighted by Gasteiger charge is 2.38. The SMILES string of the molecule is COc1nccnc1N1CCN2C(=O)OCC2C1. The number of piperazine rings is 1. The Morgan fingerprint density at radius 3 is 3.06 bits per heavy atom. The standard InChI is InChI=1S/C11H14N4O3/c1-17-10-9(12-2-3-13-10)14-4-5-15-8(6-14)7-18-11(15)16/h2-3,8H,4-7H2,1H3. The minimum atomic E-state index is -0.217. The van der Waals surface area contributed by atoms with Gasteiger partial charge in [-0.25, -0.2) is 14.8 Å². The maximum atomic E-state index is 11.4. The third-order valence-electron chi connectivity index (χ3n) is 3.26. The van der Waals surface area contributed by atoms with E-state index in [0.29, 0.717) is 32.1 Å². The number of ether oxygens (including phenoxy) is 2. The first-order valence-electron chi connectivity index (χ1n) is 5.83. The molecular formula is C11H14N4O3. The summed E-state index contributed by atoms with van der Waals surface area (Å²) in [7, 11) is 1.58. The van der Waals surface area contributed by atoms with Crippen molar-refractivity contribution in [3.8, 4) is 5.88 Å². The van der Waals surface area contributed by atoms with Crippen molar-refractivity contribution in [2.75, 3.05) is 38.3 Å². The van der Waals surface area contributed by atoms with Crippen molar-refractivity contribution in [2.24, 2.45) is 0 Å². The van der Waals surface area contributed by atoms with Crippen LogP contribution in [0.2, 0.25) is 0 Å². The highest BCUT2D eigenvalue weighted by molar-refractivity contribution is 5.71. The molecule has 2 aliphatic heterocycles. The van der Waals surface area contributed by atoms with Crippen molar-refractivity contribution in [3.63, 3.8) is 0 Å². The average molecular weight is 250 g/mol. The molecule has 3 rings (SSSR count). The van der Waals surface area contributed by atoms with Crippen LogP contribution in [0, 0.1) is 0 Å². The maximum absolute atomic E-state index is 11.4. The molecular weight excluding hydrogens is 236 g/mol. The number of nitrogens with zero attached hydrogens (tertiary/aromatic N) is 4. The zero-order valence-corrected chi connectivity index (χ0v) is 10.1. The molecule has 1 unspecified atom stereocenters. The van der Waals surface area contributed by atoms with Gasteiger partial charge < -0.3 is 14.4 Å². The van der Waals surface area contributed by atoms with Gasteiger partial charge in [0.2, 0.25) is 0 Å². The second-order valence-corrected chi connectivity index (χ2v) is 4.26. The summed E-state index contributed by atoms with van der Waals surface area (Å²) in [5.41, 5.74) is 0. The van der Waals surface area contributed by atoms with Crippen LogP contribution in [0.15, 0.2) is 12.4 Å². The molecule has 1 aromatic rings. The quantitative estimate of drug-likeness (QED) is 0.743. The second-order valence-electron chi connectivity index (χ2n) is 4.26. The van der Waals surface area contributed by atoms with Crippen molar-refractivity contribution >= 4 is 11.9 Å². The molecule has 0 saturated carbocycles. The third kappa shape index (κ3) is 1.71. The normalized spacial score (nSPS) is 22.7. The van der Waals surface area contributed by atoms with E-state index in [0.717, 1.165) is 5.82 Å². The number of anilines is 1. The third-order valence-corrected chi connectivity index (χ3v) is 3.26. The number of carbonyl (C=O) groups excluding carboxylic acids is 1. The van der Waals surface area contributed by atoms with E-state index in [9.17, 15) is 4.79 Å². The predicted octanol–water partition coefficient (Wildman–Crippen LogP) is 0.126. The fraction of sp³-hybridized carbons (Fsp3) is 0.545. The van der Waals surface area contributed by atoms with Crippen molar-refractivity contribution in [1.29, 1.82) is 0 Å². The van der Waals surface area contributed by atoms with Crippen molar-refractivity contribution < 1.29 is 14.3 Å². The lowest BCUT2D eigenvalue weighted by Gasteiger charge is -2.36. The molecule has 7 nitrogen and oxygen atoms in total. The van der Waals surface area contributed by atoms with Gasteiger partial charge in [-0.05, 0) is 0 Å². The summed E-state index contributed by atoms with van der Waals surface area (Å²) in [6, 6.07) is 0.0953. The topological polar surface area (TPSA) is 67.8 Å². The zero-order chi connectivity index (χ0) is 12.5. The lowest BCUT2D eigenvalue weighted by Crippen LogP contribution is -2.52. The van der Waals surface area contributed by atoms with Crippen LogP contribution in [-0.2, 0) is 4.74 Å². The Morgan fingerprint density at radius 1 is 1.39 bits per heavy atom. The second kappa shape index (κ2) is 4.32. The molecule has 2 fully saturated rings. The van der Waals surface area contributed by atoms with Gasteiger partial charge in [0.1, 0.15) is 6.61 Å². The molecule has 2 aliphatic rings. The lowest BCUT2D eigenvalue weighted by molar-refractivity contribution is 0.157. The van der Waals surface area contributed by atoms with E-state index in [1.165, 1.54) is 0 Å². The smallest absolute Gasteiger partial charge is 0.410 e. The Balaban J connectivity index is 1.80. The number of hydrogen-bond donors (Lipinski definition) is 0. The number of methoxy groups -OCH3 is 1. The summed E-state index contributed by atoms with van der Waals surface area (Å²) in [6.07, 6.45) is 3.02. The van der Waals surface area contributed by atoms with E-state index >= 15 is 0 Å². The number of cyclic esters (lactones) is 1. The van der Waals surface area contributed by atoms with Crippen LogP contribution >= 0.6 is 0 Å². The Hall–Kier alpha value is -2.05. The summed E-state index contributed by atoms with van der Waals surface area (Å²) in [5, 5.41) is 0. The van der Waals surface area contributed by atoms with E-state index in [-0.39, 0.29) is 12.1 Å². The first-order chi connectivity index (χ1) is 8.79. The van der Waals surface area contributed by atoms with Gasteiger partial charge in [-0.15, -0.1) is 0 Å². The van der Waals surface area contributed by atoms with Gasteiger partial charge in [0, 0.05) is 32.0 Å². The van der Waals surface area contributed by atoms with Crippen molar-refractivity contribution in [1.82, 2.24) is 14.9 Å². The van der Waals surface area contributed by atoms with Gasteiger partial charge in [-0.3, -0.25) is 4.90 Å². The highest BCUT2D eigenvalue weighted by Crippen LogP contribution is 2.26. The number of carbonyl (C=O) groups is 1. The number of aromatic nitrogens is 2. The first-order valence-corrected chi connectivity index (χ1v) is 5.83. The van der Waals surface area contributed by atoms with E-state index in [2.05, 4.69) is 14.9 Å². The lowest BCUT2D eigenvalue weighted by atomic mass is 10.2. The molecule has 0 radical (unpaired) electrons. The fourth-order valence-electron chi connectivity index (χ4n) is 2.36. The monoisotopic (exact) mass is 250 g/mol. The fourth-order valence-corrected chi connectivity index (χ4v) is 2.36. The molecule has 0 spiro atoms. The highest BCUT2D eigenvalue weighted by atomic mass is 16.6. The number of hydrogen-bond acceptors (Lipinski definition) is 6. The minimum Gasteiger partial charge on any atom is -0.478 e. The van der Waals surface area contributed by atoms with Crippen LogP contribution in [-0.4, -0.2) is 60.4 Å². The molecule has 2 saturated heterocycles. The Labute approximate surface area is 104 Å². The molecule has 0 aromatic carbocycles. The van der Waals surface area contributed by atoms with Crippen LogP contribution in [0.3, 0.4) is 0 Å². The van der Waals surface area contributed by atoms with Gasteiger partial charge in [0.05, 0.1) is 13.2 Å². The summed E-state index contributed by atoms with van der Waals surface area (Å²) < 4.78 is 10.2. The molecule has 0 N–H and O–H groups in total. The predicted molar refractivity (Wildman–Crippen MR) is 62.6 cm³/mol. The summed E-state index contributed by atoms with van der Waals surface area (Å²) in [6.45, 7) is 2.49. The van der Waals surface area contributed by atoms with Gasteiger partial charge >= 0.3 is 6.09 Å². The first kappa shape index (κ1) is 11.1. The molecule has 0 bridgehead atoms. The molecule has 1 amide bonds. The van der Waals surface area contributed by atoms with Gasteiger partial charge in [0.15, 0.2) is 5.82 Å². The van der Waals surface area contributed by atoms with E-state index in [1.807, 2.05) is 0 Å². The van der Waals surface area contributed by atoms with Crippen LogP contribution in [0.5, 0.6) is 5.88 Å². The van der Waals surface area contributed by atoms with E-state index in [4.69, 9.17) is 9.47 Å². The summed E-state index contributed by atoms with van der Waals surface area (Å²) >= 11 is 0. The largest absolute Gasteiger partial charge is 0.478 e. The molecule has 18 heavy (non-hydrogen) atoms. The molecule has 96 valence electrons. The van der Waals surface area contributed by atoms with E-state index in [1.54, 1.807) is 24.4 Å². The molecule has 0 aliphatic carbocycles. The van der Waals surface area contributed by atoms with Crippen LogP contribution in [0.4, 0.5) is 10.6 Å². The van der Waals surface area contributed by atoms with Gasteiger partial charge in [-0.1, -0.05) is 0 Å². The van der Waals surface area contributed by atoms with Crippen LogP contribution in [0.1, 0.15) is 0 Å². The van der Waals surface area contributed by atoms with Gasteiger partial charge in [-0.2, -0.15) is 0 Å². The molecule has 7 heteroatoms. The Bertz CT molecular complexity index is 467. The van der Waals surface area contributed by atoms with Crippen LogP contribution < -0.4 is 9.64 Å². The van der Waals surface area contributed by atoms with Crippen molar-refractivity contribution in [2.45, 2.75) is 6.04 Å². The van der Waals surface area contributed by atoms with E-state index < -0.39 is 0 Å². The summed E-state index contributed by atoms with van der Waals surface area (Å²) in [4.78, 5) is 23.7. The number of rotatable bonds is 2. The van der Waals surface area contributed by atoms with Gasteiger partial charge in [0.25, 0.3) is 5.88 Å². The number of fused-ring (bicyclic) bond motifs is 1. The maximum Gasteiger partial charge on any atom is 0.410 e. The van der Waals surface area contributed by atoms with Crippen LogP contribution in [0.25, 0.3) is 0 Å². The minimum absolute atomic E-state index is 0.0953. The zero-order valence-electron chi connectivity index (χ0n) is 10.1. The summed E-state index contributed by atoms with van der Waals surface area (Å²) in [5.74, 6) is 1.23. The van der Waals surface area contributed by atoms with Crippen molar-refractivity contribution in [3.05, 3.63) is 12.4 Å². The molecule has 1 atom stereocenters. The number of amides is 1. The Morgan fingerprint density at radius 2 is 2.22 bits per heavy atom. The molecule has 3 heterocycles. The molecule has 1 aromatic heterocycles.